The quantitative estimate of drug-likeness (QED) is 0.170. The van der Waals surface area contributed by atoms with Crippen molar-refractivity contribution in [1.29, 1.82) is 10.5 Å². The van der Waals surface area contributed by atoms with Gasteiger partial charge in [0.2, 0.25) is 0 Å². The normalized spacial score (nSPS) is 12.5. The summed E-state index contributed by atoms with van der Waals surface area (Å²) in [6.45, 7) is 1.32. The molecule has 0 fully saturated rings. The van der Waals surface area contributed by atoms with Gasteiger partial charge < -0.3 is 10.2 Å². The smallest absolute Gasteiger partial charge is 0.255 e. The van der Waals surface area contributed by atoms with Crippen LogP contribution >= 0.6 is 61.1 Å². The van der Waals surface area contributed by atoms with Crippen molar-refractivity contribution in [2.45, 2.75) is 25.0 Å². The first-order valence-electron chi connectivity index (χ1n) is 12.7. The summed E-state index contributed by atoms with van der Waals surface area (Å²) in [4.78, 5) is 25.2. The molecule has 0 radical (unpaired) electrons. The van der Waals surface area contributed by atoms with Crippen LogP contribution < -0.4 is 5.32 Å². The summed E-state index contributed by atoms with van der Waals surface area (Å²) in [5.41, 5.74) is 5.81. The molecule has 0 aliphatic carbocycles. The van der Waals surface area contributed by atoms with E-state index in [-0.39, 0.29) is 23.4 Å². The third kappa shape index (κ3) is 7.40. The molecule has 2 aliphatic rings. The molecule has 0 spiro atoms. The fourth-order valence-electron chi connectivity index (χ4n) is 4.48. The van der Waals surface area contributed by atoms with Crippen molar-refractivity contribution < 1.29 is 18.4 Å². The van der Waals surface area contributed by atoms with E-state index in [4.69, 9.17) is 10.5 Å². The first-order chi connectivity index (χ1) is 20.7. The lowest BCUT2D eigenvalue weighted by molar-refractivity contribution is 0.0765. The number of carbonyl (C=O) groups excluding carboxylic acids is 2. The molecular formula is C32H21BrF2I2N4O2. The summed E-state index contributed by atoms with van der Waals surface area (Å²) in [7, 11) is 0. The molecule has 4 aromatic carbocycles. The van der Waals surface area contributed by atoms with E-state index in [1.54, 1.807) is 29.2 Å². The van der Waals surface area contributed by atoms with Gasteiger partial charge in [0.25, 0.3) is 11.8 Å². The van der Waals surface area contributed by atoms with Crippen LogP contribution in [0.4, 0.5) is 8.78 Å². The fraction of sp³-hybridized carbons (Fsp3) is 0.125. The van der Waals surface area contributed by atoms with E-state index in [0.29, 0.717) is 43.5 Å². The van der Waals surface area contributed by atoms with Crippen LogP contribution in [0.25, 0.3) is 0 Å². The van der Waals surface area contributed by atoms with Gasteiger partial charge >= 0.3 is 0 Å². The molecule has 2 aliphatic heterocycles. The second-order valence-corrected chi connectivity index (χ2v) is 12.0. The summed E-state index contributed by atoms with van der Waals surface area (Å²) >= 11 is 7.01. The van der Waals surface area contributed by atoms with Crippen LogP contribution in [0.15, 0.2) is 72.8 Å². The molecule has 11 heteroatoms. The molecule has 4 aromatic rings. The minimum Gasteiger partial charge on any atom is -0.348 e. The van der Waals surface area contributed by atoms with Gasteiger partial charge in [0, 0.05) is 25.0 Å². The van der Waals surface area contributed by atoms with Crippen LogP contribution in [0.5, 0.6) is 0 Å². The van der Waals surface area contributed by atoms with Crippen LogP contribution in [-0.4, -0.2) is 16.7 Å². The van der Waals surface area contributed by atoms with Gasteiger partial charge in [-0.2, -0.15) is 10.5 Å². The SMILES string of the molecule is N#Cc1ccccc1CBr.N#Cc1ccccc1CN1Cc2ccc(F)c(I)c2C1=O.O=C1NCc2ccc(F)c(I)c21. The summed E-state index contributed by atoms with van der Waals surface area (Å²) < 4.78 is 27.3. The van der Waals surface area contributed by atoms with Gasteiger partial charge in [0.1, 0.15) is 11.6 Å². The van der Waals surface area contributed by atoms with Crippen molar-refractivity contribution in [3.63, 3.8) is 0 Å². The Morgan fingerprint density at radius 3 is 1.91 bits per heavy atom. The number of nitrogens with zero attached hydrogens (tertiary/aromatic N) is 3. The third-order valence-electron chi connectivity index (χ3n) is 6.67. The van der Waals surface area contributed by atoms with Gasteiger partial charge in [-0.3, -0.25) is 9.59 Å². The zero-order chi connectivity index (χ0) is 31.1. The van der Waals surface area contributed by atoms with Gasteiger partial charge in [0.05, 0.1) is 41.5 Å². The predicted octanol–water partition coefficient (Wildman–Crippen LogP) is 7.58. The lowest BCUT2D eigenvalue weighted by Crippen LogP contribution is -2.24. The Morgan fingerprint density at radius 1 is 0.791 bits per heavy atom. The Labute approximate surface area is 283 Å². The minimum atomic E-state index is -0.373. The van der Waals surface area contributed by atoms with Crippen LogP contribution in [0.3, 0.4) is 0 Å². The van der Waals surface area contributed by atoms with Crippen LogP contribution in [0.2, 0.25) is 0 Å². The Balaban J connectivity index is 0.000000163. The zero-order valence-corrected chi connectivity index (χ0v) is 28.2. The molecule has 2 heterocycles. The number of nitriles is 2. The molecule has 0 bridgehead atoms. The maximum absolute atomic E-state index is 13.6. The number of nitrogens with one attached hydrogen (secondary N) is 1. The van der Waals surface area contributed by atoms with E-state index in [2.05, 4.69) is 33.4 Å². The second kappa shape index (κ2) is 14.9. The van der Waals surface area contributed by atoms with Crippen LogP contribution in [0.1, 0.15) is 54.1 Å². The van der Waals surface area contributed by atoms with E-state index < -0.39 is 0 Å². The molecule has 6 nitrogen and oxygen atoms in total. The predicted molar refractivity (Wildman–Crippen MR) is 178 cm³/mol. The number of amides is 2. The minimum absolute atomic E-state index is 0.172. The third-order valence-corrected chi connectivity index (χ3v) is 9.39. The van der Waals surface area contributed by atoms with E-state index in [0.717, 1.165) is 33.1 Å². The summed E-state index contributed by atoms with van der Waals surface area (Å²) in [6.07, 6.45) is 0. The van der Waals surface area contributed by atoms with Gasteiger partial charge in [-0.05, 0) is 91.7 Å². The number of benzene rings is 4. The topological polar surface area (TPSA) is 97.0 Å². The molecule has 0 saturated carbocycles. The summed E-state index contributed by atoms with van der Waals surface area (Å²) in [5.74, 6) is -1.05. The van der Waals surface area contributed by atoms with Crippen LogP contribution in [-0.2, 0) is 25.0 Å². The van der Waals surface area contributed by atoms with Gasteiger partial charge in [0.15, 0.2) is 0 Å². The molecule has 43 heavy (non-hydrogen) atoms. The van der Waals surface area contributed by atoms with E-state index in [1.165, 1.54) is 12.1 Å². The van der Waals surface area contributed by atoms with Crippen molar-refractivity contribution >= 4 is 72.9 Å². The molecule has 6 rings (SSSR count). The highest BCUT2D eigenvalue weighted by molar-refractivity contribution is 14.1. The highest BCUT2D eigenvalue weighted by Gasteiger charge is 2.31. The Hall–Kier alpha value is -3.40. The number of carbonyl (C=O) groups is 2. The standard InChI is InChI=1S/C16H10FIN2O.C8H6BrN.C8H5FINO/c17-13-6-5-12-9-20(16(21)14(12)15(13)18)8-11-4-2-1-3-10(11)7-19;9-5-7-3-1-2-4-8(7)6-10;9-5-2-1-4-3-11-8(12)6(4)7(5)10/h1-6H,8-9H2;1-4H,5H2;1-2H,3H2,(H,11,12). The first-order valence-corrected chi connectivity index (χ1v) is 16.0. The molecule has 216 valence electrons. The van der Waals surface area contributed by atoms with Crippen molar-refractivity contribution in [2.24, 2.45) is 0 Å². The first kappa shape index (κ1) is 32.5. The van der Waals surface area contributed by atoms with Crippen molar-refractivity contribution in [3.8, 4) is 12.1 Å². The molecule has 0 atom stereocenters. The largest absolute Gasteiger partial charge is 0.348 e. The Bertz CT molecular complexity index is 1800. The van der Waals surface area contributed by atoms with Gasteiger partial charge in [-0.1, -0.05) is 64.5 Å². The summed E-state index contributed by atoms with van der Waals surface area (Å²) in [6, 6.07) is 25.1. The Kier molecular flexibility index (Phi) is 11.2. The molecule has 1 N–H and O–H groups in total. The maximum atomic E-state index is 13.6. The molecule has 0 saturated heterocycles. The average Bonchev–Trinajstić information content (AvgIpc) is 3.57. The number of halogens is 5. The monoisotopic (exact) mass is 864 g/mol. The molecule has 2 amide bonds. The van der Waals surface area contributed by atoms with Crippen molar-refractivity contribution in [2.75, 3.05) is 0 Å². The van der Waals surface area contributed by atoms with Gasteiger partial charge in [-0.15, -0.1) is 0 Å². The van der Waals surface area contributed by atoms with Crippen molar-refractivity contribution in [1.82, 2.24) is 10.2 Å². The van der Waals surface area contributed by atoms with E-state index in [9.17, 15) is 18.4 Å². The van der Waals surface area contributed by atoms with E-state index in [1.807, 2.05) is 81.6 Å². The van der Waals surface area contributed by atoms with Crippen molar-refractivity contribution in [3.05, 3.63) is 136 Å². The number of rotatable bonds is 3. The number of fused-ring (bicyclic) bond motifs is 2. The number of hydrogen-bond donors (Lipinski definition) is 1. The highest BCUT2D eigenvalue weighted by atomic mass is 127. The number of hydrogen-bond acceptors (Lipinski definition) is 4. The summed E-state index contributed by atoms with van der Waals surface area (Å²) in [5, 5.41) is 21.1. The lowest BCUT2D eigenvalue weighted by atomic mass is 10.1. The van der Waals surface area contributed by atoms with E-state index >= 15 is 0 Å². The van der Waals surface area contributed by atoms with Gasteiger partial charge in [-0.25, -0.2) is 8.78 Å². The Morgan fingerprint density at radius 2 is 1.33 bits per heavy atom. The zero-order valence-electron chi connectivity index (χ0n) is 22.3. The molecular weight excluding hydrogens is 844 g/mol. The van der Waals surface area contributed by atoms with Crippen LogP contribution in [0, 0.1) is 41.4 Å². The number of alkyl halides is 1. The second-order valence-electron chi connectivity index (χ2n) is 9.31. The average molecular weight is 865 g/mol. The molecule has 0 aromatic heterocycles. The lowest BCUT2D eigenvalue weighted by Gasteiger charge is -2.16. The molecule has 0 unspecified atom stereocenters. The highest BCUT2D eigenvalue weighted by Crippen LogP contribution is 2.30. The fourth-order valence-corrected chi connectivity index (χ4v) is 6.50. The maximum Gasteiger partial charge on any atom is 0.255 e.